The molecule has 1 saturated heterocycles. The number of carbonyl (C=O) groups is 1. The molecule has 0 radical (unpaired) electrons. The Morgan fingerprint density at radius 2 is 2.04 bits per heavy atom. The number of aromatic nitrogens is 1. The zero-order chi connectivity index (χ0) is 18.7. The van der Waals surface area contributed by atoms with E-state index >= 15 is 0 Å². The van der Waals surface area contributed by atoms with Crippen molar-refractivity contribution in [2.45, 2.75) is 39.3 Å². The van der Waals surface area contributed by atoms with Gasteiger partial charge in [-0.15, -0.1) is 0 Å². The van der Waals surface area contributed by atoms with E-state index in [4.69, 9.17) is 4.74 Å². The number of hydrogen-bond acceptors (Lipinski definition) is 3. The van der Waals surface area contributed by atoms with Crippen LogP contribution in [0, 0.1) is 19.7 Å². The molecule has 26 heavy (non-hydrogen) atoms. The van der Waals surface area contributed by atoms with Crippen LogP contribution in [0.2, 0.25) is 0 Å². The first-order valence-electron chi connectivity index (χ1n) is 8.80. The summed E-state index contributed by atoms with van der Waals surface area (Å²) in [6.45, 7) is 4.94. The number of halogens is 1. The third-order valence-electron chi connectivity index (χ3n) is 4.60. The summed E-state index contributed by atoms with van der Waals surface area (Å²) in [7, 11) is 0. The van der Waals surface area contributed by atoms with Crippen molar-refractivity contribution in [1.29, 1.82) is 0 Å². The zero-order valence-corrected chi connectivity index (χ0v) is 15.0. The minimum atomic E-state index is -0.385. The van der Waals surface area contributed by atoms with Crippen LogP contribution in [0.15, 0.2) is 35.1 Å². The number of H-pyrrole nitrogens is 1. The highest BCUT2D eigenvalue weighted by molar-refractivity contribution is 5.95. The molecule has 1 amide bonds. The van der Waals surface area contributed by atoms with E-state index in [-0.39, 0.29) is 29.0 Å². The molecule has 1 N–H and O–H groups in total. The fourth-order valence-electron chi connectivity index (χ4n) is 3.34. The summed E-state index contributed by atoms with van der Waals surface area (Å²) in [6, 6.07) is 7.83. The topological polar surface area (TPSA) is 62.4 Å². The first-order valence-corrected chi connectivity index (χ1v) is 8.80. The number of pyridine rings is 1. The number of aryl methyl sites for hydroxylation is 2. The Balaban J connectivity index is 1.89. The van der Waals surface area contributed by atoms with Crippen molar-refractivity contribution in [3.8, 4) is 0 Å². The van der Waals surface area contributed by atoms with Gasteiger partial charge in [-0.3, -0.25) is 9.59 Å². The van der Waals surface area contributed by atoms with Gasteiger partial charge in [0.15, 0.2) is 0 Å². The molecule has 2 heterocycles. The van der Waals surface area contributed by atoms with Gasteiger partial charge in [-0.05, 0) is 56.0 Å². The number of benzene rings is 1. The van der Waals surface area contributed by atoms with E-state index < -0.39 is 0 Å². The molecule has 0 aliphatic carbocycles. The molecule has 0 saturated carbocycles. The first kappa shape index (κ1) is 18.3. The molecule has 3 rings (SSSR count). The van der Waals surface area contributed by atoms with Crippen LogP contribution in [0.3, 0.4) is 0 Å². The highest BCUT2D eigenvalue weighted by Crippen LogP contribution is 2.18. The van der Waals surface area contributed by atoms with Gasteiger partial charge in [-0.1, -0.05) is 12.1 Å². The average Bonchev–Trinajstić information content (AvgIpc) is 3.08. The predicted octanol–water partition coefficient (Wildman–Crippen LogP) is 2.95. The molecule has 0 bridgehead atoms. The maximum Gasteiger partial charge on any atom is 0.261 e. The number of ether oxygens (including phenoxy) is 1. The van der Waals surface area contributed by atoms with Gasteiger partial charge < -0.3 is 14.6 Å². The van der Waals surface area contributed by atoms with Crippen LogP contribution in [-0.2, 0) is 11.3 Å². The minimum Gasteiger partial charge on any atom is -0.376 e. The molecule has 0 spiro atoms. The third kappa shape index (κ3) is 4.19. The molecule has 138 valence electrons. The number of nitrogens with zero attached hydrogens (tertiary/aromatic N) is 1. The highest BCUT2D eigenvalue weighted by atomic mass is 19.1. The van der Waals surface area contributed by atoms with Crippen LogP contribution in [0.4, 0.5) is 4.39 Å². The Hall–Kier alpha value is -2.47. The Morgan fingerprint density at radius 1 is 1.31 bits per heavy atom. The fraction of sp³-hybridized carbons (Fsp3) is 0.400. The summed E-state index contributed by atoms with van der Waals surface area (Å²) in [5, 5.41) is 0. The molecule has 1 aromatic heterocycles. The molecule has 1 aromatic carbocycles. The maximum atomic E-state index is 13.2. The third-order valence-corrected chi connectivity index (χ3v) is 4.60. The van der Waals surface area contributed by atoms with Gasteiger partial charge in [0.05, 0.1) is 6.10 Å². The number of rotatable bonds is 5. The van der Waals surface area contributed by atoms with Gasteiger partial charge >= 0.3 is 0 Å². The Kier molecular flexibility index (Phi) is 5.52. The summed E-state index contributed by atoms with van der Waals surface area (Å²) in [4.78, 5) is 29.8. The molecule has 2 aromatic rings. The quantitative estimate of drug-likeness (QED) is 0.894. The van der Waals surface area contributed by atoms with Crippen LogP contribution in [0.5, 0.6) is 0 Å². The van der Waals surface area contributed by atoms with Crippen molar-refractivity contribution in [2.75, 3.05) is 13.2 Å². The van der Waals surface area contributed by atoms with Gasteiger partial charge in [0.25, 0.3) is 11.5 Å². The number of hydrogen-bond donors (Lipinski definition) is 1. The van der Waals surface area contributed by atoms with Crippen LogP contribution in [-0.4, -0.2) is 35.0 Å². The lowest BCUT2D eigenvalue weighted by molar-refractivity contribution is 0.0505. The summed E-state index contributed by atoms with van der Waals surface area (Å²) in [5.41, 5.74) is 1.93. The summed E-state index contributed by atoms with van der Waals surface area (Å²) < 4.78 is 18.8. The van der Waals surface area contributed by atoms with E-state index in [2.05, 4.69) is 4.98 Å². The minimum absolute atomic E-state index is 0.0377. The lowest BCUT2D eigenvalue weighted by Gasteiger charge is -2.26. The predicted molar refractivity (Wildman–Crippen MR) is 96.7 cm³/mol. The highest BCUT2D eigenvalue weighted by Gasteiger charge is 2.26. The van der Waals surface area contributed by atoms with Gasteiger partial charge in [0, 0.05) is 25.4 Å². The van der Waals surface area contributed by atoms with Gasteiger partial charge in [-0.2, -0.15) is 0 Å². The Bertz CT molecular complexity index is 839. The molecule has 6 heteroatoms. The van der Waals surface area contributed by atoms with Crippen molar-refractivity contribution in [1.82, 2.24) is 9.88 Å². The maximum absolute atomic E-state index is 13.2. The summed E-state index contributed by atoms with van der Waals surface area (Å²) in [6.07, 6.45) is 1.81. The van der Waals surface area contributed by atoms with Gasteiger partial charge in [0.1, 0.15) is 11.4 Å². The van der Waals surface area contributed by atoms with Gasteiger partial charge in [0.2, 0.25) is 0 Å². The Labute approximate surface area is 151 Å². The van der Waals surface area contributed by atoms with Crippen molar-refractivity contribution < 1.29 is 13.9 Å². The molecule has 1 atom stereocenters. The zero-order valence-electron chi connectivity index (χ0n) is 15.0. The van der Waals surface area contributed by atoms with E-state index in [0.29, 0.717) is 31.0 Å². The van der Waals surface area contributed by atoms with Gasteiger partial charge in [-0.25, -0.2) is 4.39 Å². The molecule has 1 aliphatic rings. The van der Waals surface area contributed by atoms with Crippen molar-refractivity contribution >= 4 is 5.91 Å². The van der Waals surface area contributed by atoms with Crippen LogP contribution >= 0.6 is 0 Å². The number of amides is 1. The van der Waals surface area contributed by atoms with Crippen LogP contribution < -0.4 is 5.56 Å². The second kappa shape index (κ2) is 7.83. The van der Waals surface area contributed by atoms with Crippen LogP contribution in [0.1, 0.15) is 40.0 Å². The lowest BCUT2D eigenvalue weighted by Crippen LogP contribution is -2.40. The molecular formula is C20H23FN2O3. The van der Waals surface area contributed by atoms with E-state index in [1.54, 1.807) is 36.9 Å². The average molecular weight is 358 g/mol. The molecule has 1 fully saturated rings. The fourth-order valence-corrected chi connectivity index (χ4v) is 3.34. The summed E-state index contributed by atoms with van der Waals surface area (Å²) >= 11 is 0. The van der Waals surface area contributed by atoms with E-state index in [9.17, 15) is 14.0 Å². The monoisotopic (exact) mass is 358 g/mol. The van der Waals surface area contributed by atoms with E-state index in [1.807, 2.05) is 0 Å². The second-order valence-electron chi connectivity index (χ2n) is 6.79. The first-order chi connectivity index (χ1) is 12.4. The van der Waals surface area contributed by atoms with E-state index in [0.717, 1.165) is 18.4 Å². The van der Waals surface area contributed by atoms with Crippen molar-refractivity contribution in [2.24, 2.45) is 0 Å². The molecular weight excluding hydrogens is 335 g/mol. The second-order valence-corrected chi connectivity index (χ2v) is 6.79. The molecule has 5 nitrogen and oxygen atoms in total. The van der Waals surface area contributed by atoms with Crippen molar-refractivity contribution in [3.63, 3.8) is 0 Å². The SMILES string of the molecule is Cc1cc(C)c(C(=O)N(Cc2ccc(F)cc2)CC2CCCO2)c(=O)[nH]1. The van der Waals surface area contributed by atoms with Crippen LogP contribution in [0.25, 0.3) is 0 Å². The lowest BCUT2D eigenvalue weighted by atomic mass is 10.1. The largest absolute Gasteiger partial charge is 0.376 e. The number of carbonyl (C=O) groups excluding carboxylic acids is 1. The smallest absolute Gasteiger partial charge is 0.261 e. The number of nitrogens with one attached hydrogen (secondary N) is 1. The van der Waals surface area contributed by atoms with E-state index in [1.165, 1.54) is 12.1 Å². The number of aromatic amines is 1. The summed E-state index contributed by atoms with van der Waals surface area (Å²) in [5.74, 6) is -0.653. The standard InChI is InChI=1S/C20H23FN2O3/c1-13-10-14(2)22-19(24)18(13)20(25)23(12-17-4-3-9-26-17)11-15-5-7-16(21)8-6-15/h5-8,10,17H,3-4,9,11-12H2,1-2H3,(H,22,24). The molecule has 1 unspecified atom stereocenters. The molecule has 1 aliphatic heterocycles. The normalized spacial score (nSPS) is 16.7. The Morgan fingerprint density at radius 3 is 2.65 bits per heavy atom. The van der Waals surface area contributed by atoms with Crippen molar-refractivity contribution in [3.05, 3.63) is 68.9 Å².